The number of ether oxygens (including phenoxy) is 2. The summed E-state index contributed by atoms with van der Waals surface area (Å²) in [5, 5.41) is 7.70. The average molecular weight is 518 g/mol. The fourth-order valence-corrected chi connectivity index (χ4v) is 4.47. The number of fused-ring (bicyclic) bond motifs is 3. The zero-order chi connectivity index (χ0) is 26.8. The van der Waals surface area contributed by atoms with Gasteiger partial charge in [-0.05, 0) is 48.0 Å². The molecule has 0 spiro atoms. The molecule has 39 heavy (non-hydrogen) atoms. The van der Waals surface area contributed by atoms with Crippen molar-refractivity contribution in [1.82, 2.24) is 9.66 Å². The molecule has 0 N–H and O–H groups in total. The number of carbonyl (C=O) groups is 1. The normalized spacial score (nSPS) is 11.5. The highest BCUT2D eigenvalue weighted by Gasteiger charge is 2.17. The first-order valence-corrected chi connectivity index (χ1v) is 12.5. The first kappa shape index (κ1) is 24.1. The Morgan fingerprint density at radius 1 is 0.949 bits per heavy atom. The Hall–Kier alpha value is -5.24. The molecule has 2 aromatic heterocycles. The van der Waals surface area contributed by atoms with Crippen molar-refractivity contribution in [2.45, 2.75) is 6.92 Å². The van der Waals surface area contributed by atoms with Crippen LogP contribution in [0, 0.1) is 0 Å². The van der Waals surface area contributed by atoms with E-state index in [1.54, 1.807) is 37.4 Å². The van der Waals surface area contributed by atoms with Crippen molar-refractivity contribution < 1.29 is 18.7 Å². The first-order chi connectivity index (χ1) is 19.1. The molecule has 4 aromatic carbocycles. The number of hydrogen-bond acceptors (Lipinski definition) is 7. The molecule has 6 rings (SSSR count). The molecule has 0 aliphatic rings. The van der Waals surface area contributed by atoms with Gasteiger partial charge in [0.2, 0.25) is 5.82 Å². The topological polar surface area (TPSA) is 95.9 Å². The van der Waals surface area contributed by atoms with Gasteiger partial charge in [-0.1, -0.05) is 60.7 Å². The lowest BCUT2D eigenvalue weighted by Gasteiger charge is -2.12. The molecular formula is C31H23N3O5. The van der Waals surface area contributed by atoms with Crippen molar-refractivity contribution >= 4 is 44.8 Å². The van der Waals surface area contributed by atoms with E-state index < -0.39 is 5.97 Å². The van der Waals surface area contributed by atoms with Crippen LogP contribution in [0.1, 0.15) is 12.5 Å². The smallest absolute Gasteiger partial charge is 0.344 e. The summed E-state index contributed by atoms with van der Waals surface area (Å²) in [7, 11) is 0. The zero-order valence-corrected chi connectivity index (χ0v) is 21.0. The van der Waals surface area contributed by atoms with Crippen LogP contribution in [-0.4, -0.2) is 35.1 Å². The van der Waals surface area contributed by atoms with Crippen LogP contribution in [0.3, 0.4) is 0 Å². The second-order valence-electron chi connectivity index (χ2n) is 8.75. The van der Waals surface area contributed by atoms with Crippen molar-refractivity contribution in [1.29, 1.82) is 0 Å². The first-order valence-electron chi connectivity index (χ1n) is 12.5. The maximum Gasteiger partial charge on any atom is 0.344 e. The molecule has 0 radical (unpaired) electrons. The van der Waals surface area contributed by atoms with Gasteiger partial charge in [-0.2, -0.15) is 9.78 Å². The number of hydrogen-bond donors (Lipinski definition) is 0. The van der Waals surface area contributed by atoms with E-state index in [0.717, 1.165) is 16.2 Å². The average Bonchev–Trinajstić information content (AvgIpc) is 3.40. The van der Waals surface area contributed by atoms with Crippen LogP contribution in [0.25, 0.3) is 44.2 Å². The van der Waals surface area contributed by atoms with E-state index in [2.05, 4.69) is 5.10 Å². The molecule has 0 unspecified atom stereocenters. The van der Waals surface area contributed by atoms with Gasteiger partial charge in [-0.25, -0.2) is 9.78 Å². The minimum absolute atomic E-state index is 0.255. The molecule has 0 fully saturated rings. The third kappa shape index (κ3) is 4.64. The van der Waals surface area contributed by atoms with Crippen LogP contribution >= 0.6 is 0 Å². The Kier molecular flexibility index (Phi) is 6.34. The Bertz CT molecular complexity index is 1900. The fraction of sp³-hybridized carbons (Fsp3) is 0.0968. The number of esters is 1. The molecule has 192 valence electrons. The minimum Gasteiger partial charge on any atom is -0.481 e. The molecule has 8 nitrogen and oxygen atoms in total. The molecule has 0 amide bonds. The predicted octanol–water partition coefficient (Wildman–Crippen LogP) is 5.79. The number of furan rings is 1. The Balaban J connectivity index is 1.52. The van der Waals surface area contributed by atoms with Crippen LogP contribution in [0.5, 0.6) is 5.75 Å². The van der Waals surface area contributed by atoms with E-state index in [1.165, 1.54) is 4.68 Å². The summed E-state index contributed by atoms with van der Waals surface area (Å²) in [6, 6.07) is 27.9. The number of benzene rings is 4. The lowest BCUT2D eigenvalue weighted by atomic mass is 10.0. The number of para-hydroxylation sites is 2. The van der Waals surface area contributed by atoms with Crippen LogP contribution < -0.4 is 10.3 Å². The number of carbonyl (C=O) groups excluding carboxylic acids is 1. The highest BCUT2D eigenvalue weighted by Crippen LogP contribution is 2.29. The van der Waals surface area contributed by atoms with Crippen molar-refractivity contribution in [2.75, 3.05) is 13.2 Å². The molecule has 0 aliphatic carbocycles. The largest absolute Gasteiger partial charge is 0.481 e. The standard InChI is InChI=1S/C31H23N3O5/c1-2-37-29(35)19-38-27-16-15-20-9-3-5-11-22(20)24(27)18-32-34-30(28-17-21-10-4-8-14-26(21)39-28)33-25-13-7-6-12-23(25)31(34)36/h3-18H,2,19H2,1H3. The van der Waals surface area contributed by atoms with Crippen LogP contribution in [0.15, 0.2) is 105 Å². The van der Waals surface area contributed by atoms with Crippen molar-refractivity contribution in [3.05, 3.63) is 107 Å². The fourth-order valence-electron chi connectivity index (χ4n) is 4.47. The Morgan fingerprint density at radius 2 is 1.69 bits per heavy atom. The Labute approximate surface area is 222 Å². The third-order valence-corrected chi connectivity index (χ3v) is 6.28. The molecular weight excluding hydrogens is 494 g/mol. The molecule has 0 saturated heterocycles. The van der Waals surface area contributed by atoms with Gasteiger partial charge in [-0.3, -0.25) is 4.79 Å². The zero-order valence-electron chi connectivity index (χ0n) is 21.0. The second kappa shape index (κ2) is 10.3. The lowest BCUT2D eigenvalue weighted by Crippen LogP contribution is -2.20. The summed E-state index contributed by atoms with van der Waals surface area (Å²) in [6.45, 7) is 1.74. The minimum atomic E-state index is -0.476. The SMILES string of the molecule is CCOC(=O)COc1ccc2ccccc2c1C=Nn1c(-c2cc3ccccc3o2)nc2ccccc2c1=O. The molecule has 2 heterocycles. The highest BCUT2D eigenvalue weighted by molar-refractivity contribution is 6.02. The molecule has 0 atom stereocenters. The Morgan fingerprint density at radius 3 is 2.51 bits per heavy atom. The summed E-state index contributed by atoms with van der Waals surface area (Å²) in [5.41, 5.74) is 1.47. The van der Waals surface area contributed by atoms with E-state index in [4.69, 9.17) is 18.9 Å². The van der Waals surface area contributed by atoms with Gasteiger partial charge in [-0.15, -0.1) is 0 Å². The quantitative estimate of drug-likeness (QED) is 0.197. The summed E-state index contributed by atoms with van der Waals surface area (Å²) in [6.07, 6.45) is 1.55. The van der Waals surface area contributed by atoms with Gasteiger partial charge < -0.3 is 13.9 Å². The van der Waals surface area contributed by atoms with Crippen molar-refractivity contribution in [3.8, 4) is 17.3 Å². The highest BCUT2D eigenvalue weighted by atomic mass is 16.6. The van der Waals surface area contributed by atoms with Gasteiger partial charge in [0.05, 0.1) is 23.7 Å². The number of aromatic nitrogens is 2. The molecule has 0 saturated carbocycles. The summed E-state index contributed by atoms with van der Waals surface area (Å²) in [5.74, 6) is 0.626. The third-order valence-electron chi connectivity index (χ3n) is 6.28. The lowest BCUT2D eigenvalue weighted by molar-refractivity contribution is -0.145. The number of nitrogens with zero attached hydrogens (tertiary/aromatic N) is 3. The van der Waals surface area contributed by atoms with E-state index in [0.29, 0.717) is 33.6 Å². The molecule has 6 aromatic rings. The summed E-state index contributed by atoms with van der Waals surface area (Å²) < 4.78 is 18.1. The van der Waals surface area contributed by atoms with Crippen molar-refractivity contribution in [2.24, 2.45) is 5.10 Å². The molecule has 0 aliphatic heterocycles. The molecule has 8 heteroatoms. The summed E-state index contributed by atoms with van der Waals surface area (Å²) in [4.78, 5) is 30.4. The van der Waals surface area contributed by atoms with E-state index in [-0.39, 0.29) is 24.6 Å². The predicted molar refractivity (Wildman–Crippen MR) is 150 cm³/mol. The maximum absolute atomic E-state index is 13.7. The van der Waals surface area contributed by atoms with E-state index in [9.17, 15) is 9.59 Å². The van der Waals surface area contributed by atoms with Crippen LogP contribution in [0.4, 0.5) is 0 Å². The van der Waals surface area contributed by atoms with Crippen molar-refractivity contribution in [3.63, 3.8) is 0 Å². The van der Waals surface area contributed by atoms with Gasteiger partial charge in [0, 0.05) is 10.9 Å². The van der Waals surface area contributed by atoms with Gasteiger partial charge in [0.15, 0.2) is 12.4 Å². The second-order valence-corrected chi connectivity index (χ2v) is 8.75. The molecule has 0 bridgehead atoms. The van der Waals surface area contributed by atoms with E-state index in [1.807, 2.05) is 66.7 Å². The monoisotopic (exact) mass is 517 g/mol. The van der Waals surface area contributed by atoms with Gasteiger partial charge in [0.25, 0.3) is 5.56 Å². The summed E-state index contributed by atoms with van der Waals surface area (Å²) >= 11 is 0. The van der Waals surface area contributed by atoms with Crippen LogP contribution in [0.2, 0.25) is 0 Å². The maximum atomic E-state index is 13.7. The van der Waals surface area contributed by atoms with Crippen LogP contribution in [-0.2, 0) is 9.53 Å². The number of rotatable bonds is 7. The van der Waals surface area contributed by atoms with E-state index >= 15 is 0 Å². The van der Waals surface area contributed by atoms with Gasteiger partial charge in [0.1, 0.15) is 11.3 Å². The van der Waals surface area contributed by atoms with Gasteiger partial charge >= 0.3 is 5.97 Å².